The van der Waals surface area contributed by atoms with Crippen molar-refractivity contribution in [2.75, 3.05) is 19.8 Å². The third-order valence-corrected chi connectivity index (χ3v) is 2.95. The number of nitrogens with one attached hydrogen (secondary N) is 1. The molecular formula is C12H16ClNO. The predicted octanol–water partition coefficient (Wildman–Crippen LogP) is 2.47. The third-order valence-electron chi connectivity index (χ3n) is 2.70. The van der Waals surface area contributed by atoms with E-state index in [2.05, 4.69) is 17.4 Å². The van der Waals surface area contributed by atoms with Gasteiger partial charge in [-0.25, -0.2) is 0 Å². The minimum absolute atomic E-state index is 0.692. The Labute approximate surface area is 95.6 Å². The second-order valence-corrected chi connectivity index (χ2v) is 4.42. The lowest BCUT2D eigenvalue weighted by molar-refractivity contribution is 0.185. The van der Waals surface area contributed by atoms with Gasteiger partial charge in [0.1, 0.15) is 0 Å². The first-order chi connectivity index (χ1) is 7.34. The maximum atomic E-state index is 5.81. The van der Waals surface area contributed by atoms with Gasteiger partial charge in [-0.15, -0.1) is 0 Å². The zero-order valence-corrected chi connectivity index (χ0v) is 9.46. The Balaban J connectivity index is 1.71. The first-order valence-electron chi connectivity index (χ1n) is 5.37. The topological polar surface area (TPSA) is 21.3 Å². The Morgan fingerprint density at radius 3 is 2.80 bits per heavy atom. The van der Waals surface area contributed by atoms with E-state index < -0.39 is 0 Å². The minimum Gasteiger partial charge on any atom is -0.381 e. The van der Waals surface area contributed by atoms with Crippen molar-refractivity contribution in [2.45, 2.75) is 13.0 Å². The summed E-state index contributed by atoms with van der Waals surface area (Å²) in [6.45, 7) is 3.79. The molecule has 1 N–H and O–H groups in total. The van der Waals surface area contributed by atoms with Crippen LogP contribution in [0.25, 0.3) is 0 Å². The van der Waals surface area contributed by atoms with Crippen LogP contribution >= 0.6 is 11.6 Å². The highest BCUT2D eigenvalue weighted by Gasteiger charge is 2.14. The van der Waals surface area contributed by atoms with Crippen LogP contribution in [0.4, 0.5) is 0 Å². The van der Waals surface area contributed by atoms with E-state index in [-0.39, 0.29) is 0 Å². The molecule has 82 valence electrons. The number of benzene rings is 1. The summed E-state index contributed by atoms with van der Waals surface area (Å²) in [6.07, 6.45) is 1.19. The highest BCUT2D eigenvalue weighted by molar-refractivity contribution is 6.30. The number of halogens is 1. The van der Waals surface area contributed by atoms with E-state index in [9.17, 15) is 0 Å². The molecule has 1 heterocycles. The van der Waals surface area contributed by atoms with Crippen LogP contribution in [-0.4, -0.2) is 19.8 Å². The molecule has 2 rings (SSSR count). The largest absolute Gasteiger partial charge is 0.381 e. The quantitative estimate of drug-likeness (QED) is 0.850. The fraction of sp³-hybridized carbons (Fsp3) is 0.500. The maximum Gasteiger partial charge on any atom is 0.0507 e. The summed E-state index contributed by atoms with van der Waals surface area (Å²) in [4.78, 5) is 0. The minimum atomic E-state index is 0.692. The molecule has 3 heteroatoms. The van der Waals surface area contributed by atoms with Crippen molar-refractivity contribution in [3.8, 4) is 0 Å². The molecule has 1 aliphatic rings. The molecule has 0 aliphatic carbocycles. The van der Waals surface area contributed by atoms with Gasteiger partial charge in [-0.05, 0) is 30.0 Å². The van der Waals surface area contributed by atoms with Crippen molar-refractivity contribution in [1.82, 2.24) is 5.32 Å². The van der Waals surface area contributed by atoms with Crippen LogP contribution in [0.3, 0.4) is 0 Å². The first kappa shape index (κ1) is 10.9. The number of hydrogen-bond donors (Lipinski definition) is 1. The van der Waals surface area contributed by atoms with E-state index in [0.29, 0.717) is 5.92 Å². The van der Waals surface area contributed by atoms with Gasteiger partial charge in [0.25, 0.3) is 0 Å². The summed E-state index contributed by atoms with van der Waals surface area (Å²) in [5.74, 6) is 0.692. The molecule has 1 aromatic rings. The molecule has 0 aromatic heterocycles. The summed E-state index contributed by atoms with van der Waals surface area (Å²) in [7, 11) is 0. The molecule has 1 unspecified atom stereocenters. The summed E-state index contributed by atoms with van der Waals surface area (Å²) < 4.78 is 5.32. The van der Waals surface area contributed by atoms with Gasteiger partial charge < -0.3 is 10.1 Å². The molecule has 15 heavy (non-hydrogen) atoms. The highest BCUT2D eigenvalue weighted by atomic mass is 35.5. The highest BCUT2D eigenvalue weighted by Crippen LogP contribution is 2.12. The molecule has 2 nitrogen and oxygen atoms in total. The Morgan fingerprint density at radius 2 is 2.13 bits per heavy atom. The van der Waals surface area contributed by atoms with E-state index in [1.165, 1.54) is 12.0 Å². The van der Waals surface area contributed by atoms with Crippen molar-refractivity contribution in [3.63, 3.8) is 0 Å². The second kappa shape index (κ2) is 5.50. The standard InChI is InChI=1S/C12H16ClNO/c13-12-3-1-10(2-4-12)7-14-8-11-5-6-15-9-11/h1-4,11,14H,5-9H2. The van der Waals surface area contributed by atoms with Gasteiger partial charge >= 0.3 is 0 Å². The van der Waals surface area contributed by atoms with Crippen LogP contribution < -0.4 is 5.32 Å². The molecule has 0 saturated carbocycles. The molecular weight excluding hydrogens is 210 g/mol. The van der Waals surface area contributed by atoms with Crippen LogP contribution in [0.1, 0.15) is 12.0 Å². The van der Waals surface area contributed by atoms with Crippen molar-refractivity contribution < 1.29 is 4.74 Å². The van der Waals surface area contributed by atoms with Crippen LogP contribution in [0.2, 0.25) is 5.02 Å². The smallest absolute Gasteiger partial charge is 0.0507 e. The van der Waals surface area contributed by atoms with Gasteiger partial charge in [-0.3, -0.25) is 0 Å². The second-order valence-electron chi connectivity index (χ2n) is 3.99. The number of rotatable bonds is 4. The SMILES string of the molecule is Clc1ccc(CNCC2CCOC2)cc1. The van der Waals surface area contributed by atoms with Crippen molar-refractivity contribution in [1.29, 1.82) is 0 Å². The van der Waals surface area contributed by atoms with E-state index in [4.69, 9.17) is 16.3 Å². The zero-order chi connectivity index (χ0) is 10.5. The summed E-state index contributed by atoms with van der Waals surface area (Å²) in [6, 6.07) is 7.97. The normalized spacial score (nSPS) is 20.7. The van der Waals surface area contributed by atoms with Crippen LogP contribution in [0.5, 0.6) is 0 Å². The zero-order valence-electron chi connectivity index (χ0n) is 8.71. The monoisotopic (exact) mass is 225 g/mol. The van der Waals surface area contributed by atoms with Crippen LogP contribution in [-0.2, 0) is 11.3 Å². The van der Waals surface area contributed by atoms with Gasteiger partial charge in [-0.1, -0.05) is 23.7 Å². The van der Waals surface area contributed by atoms with Gasteiger partial charge in [-0.2, -0.15) is 0 Å². The molecule has 1 fully saturated rings. The van der Waals surface area contributed by atoms with Gasteiger partial charge in [0.2, 0.25) is 0 Å². The Bertz CT molecular complexity index is 293. The van der Waals surface area contributed by atoms with Crippen LogP contribution in [0, 0.1) is 5.92 Å². The van der Waals surface area contributed by atoms with Crippen molar-refractivity contribution >= 4 is 11.6 Å². The van der Waals surface area contributed by atoms with Gasteiger partial charge in [0, 0.05) is 24.7 Å². The van der Waals surface area contributed by atoms with Gasteiger partial charge in [0.05, 0.1) is 6.61 Å². The Hall–Kier alpha value is -0.570. The molecule has 1 saturated heterocycles. The lowest BCUT2D eigenvalue weighted by Gasteiger charge is -2.09. The summed E-state index contributed by atoms with van der Waals surface area (Å²) in [5, 5.41) is 4.23. The lowest BCUT2D eigenvalue weighted by Crippen LogP contribution is -2.22. The molecule has 1 aromatic carbocycles. The average molecular weight is 226 g/mol. The van der Waals surface area contributed by atoms with E-state index in [0.717, 1.165) is 31.3 Å². The predicted molar refractivity (Wildman–Crippen MR) is 62.1 cm³/mol. The molecule has 1 atom stereocenters. The molecule has 1 aliphatic heterocycles. The van der Waals surface area contributed by atoms with E-state index in [1.807, 2.05) is 12.1 Å². The summed E-state index contributed by atoms with van der Waals surface area (Å²) >= 11 is 5.81. The van der Waals surface area contributed by atoms with Crippen molar-refractivity contribution in [2.24, 2.45) is 5.92 Å². The lowest BCUT2D eigenvalue weighted by atomic mass is 10.1. The third kappa shape index (κ3) is 3.49. The number of hydrogen-bond acceptors (Lipinski definition) is 2. The molecule has 0 bridgehead atoms. The average Bonchev–Trinajstić information content (AvgIpc) is 2.74. The van der Waals surface area contributed by atoms with Gasteiger partial charge in [0.15, 0.2) is 0 Å². The maximum absolute atomic E-state index is 5.81. The van der Waals surface area contributed by atoms with Crippen molar-refractivity contribution in [3.05, 3.63) is 34.9 Å². The summed E-state index contributed by atoms with van der Waals surface area (Å²) in [5.41, 5.74) is 1.28. The fourth-order valence-corrected chi connectivity index (χ4v) is 1.89. The Kier molecular flexibility index (Phi) is 4.01. The molecule has 0 amide bonds. The molecule has 0 radical (unpaired) electrons. The Morgan fingerprint density at radius 1 is 1.33 bits per heavy atom. The van der Waals surface area contributed by atoms with E-state index in [1.54, 1.807) is 0 Å². The van der Waals surface area contributed by atoms with E-state index >= 15 is 0 Å². The fourth-order valence-electron chi connectivity index (χ4n) is 1.77. The van der Waals surface area contributed by atoms with Crippen LogP contribution in [0.15, 0.2) is 24.3 Å². The number of ether oxygens (including phenoxy) is 1. The molecule has 0 spiro atoms. The first-order valence-corrected chi connectivity index (χ1v) is 5.75.